The lowest BCUT2D eigenvalue weighted by Gasteiger charge is -2.11. The van der Waals surface area contributed by atoms with Crippen molar-refractivity contribution in [3.8, 4) is 0 Å². The number of benzene rings is 2. The fourth-order valence-electron chi connectivity index (χ4n) is 3.07. The molecule has 3 aromatic rings. The normalized spacial score (nSPS) is 12.7. The zero-order valence-electron chi connectivity index (χ0n) is 15.7. The van der Waals surface area contributed by atoms with Crippen LogP contribution in [0.2, 0.25) is 0 Å². The molecule has 0 aliphatic carbocycles. The second kappa shape index (κ2) is 7.74. The summed E-state index contributed by atoms with van der Waals surface area (Å²) in [6.45, 7) is -0.404. The van der Waals surface area contributed by atoms with Crippen LogP contribution in [0.1, 0.15) is 26.4 Å². The van der Waals surface area contributed by atoms with Crippen molar-refractivity contribution in [2.75, 3.05) is 5.32 Å². The number of hydrogen-bond acceptors (Lipinski definition) is 7. The van der Waals surface area contributed by atoms with Crippen LogP contribution in [-0.4, -0.2) is 42.5 Å². The highest BCUT2D eigenvalue weighted by Crippen LogP contribution is 2.27. The minimum absolute atomic E-state index is 0.0507. The SMILES string of the molecule is O=C(Cn1cc(CN2C(=O)c3ccc([N+](=O)[O-])cc3C2=O)nn1)Nc1ccc(F)cc1. The number of rotatable bonds is 6. The third-order valence-corrected chi connectivity index (χ3v) is 4.50. The second-order valence-corrected chi connectivity index (χ2v) is 6.65. The zero-order valence-corrected chi connectivity index (χ0v) is 15.7. The van der Waals surface area contributed by atoms with Crippen LogP contribution >= 0.6 is 0 Å². The van der Waals surface area contributed by atoms with E-state index in [0.717, 1.165) is 17.0 Å². The summed E-state index contributed by atoms with van der Waals surface area (Å²) in [7, 11) is 0. The van der Waals surface area contributed by atoms with Gasteiger partial charge in [-0.1, -0.05) is 5.21 Å². The van der Waals surface area contributed by atoms with Crippen molar-refractivity contribution in [2.24, 2.45) is 0 Å². The van der Waals surface area contributed by atoms with Crippen LogP contribution in [0.4, 0.5) is 15.8 Å². The maximum absolute atomic E-state index is 12.9. The Labute approximate surface area is 173 Å². The van der Waals surface area contributed by atoms with Crippen molar-refractivity contribution in [1.29, 1.82) is 0 Å². The summed E-state index contributed by atoms with van der Waals surface area (Å²) in [6, 6.07) is 8.69. The van der Waals surface area contributed by atoms with Gasteiger partial charge in [0.1, 0.15) is 18.1 Å². The molecule has 156 valence electrons. The number of halogens is 1. The molecule has 4 rings (SSSR count). The third-order valence-electron chi connectivity index (χ3n) is 4.50. The molecule has 31 heavy (non-hydrogen) atoms. The lowest BCUT2D eigenvalue weighted by atomic mass is 10.1. The Morgan fingerprint density at radius 2 is 1.81 bits per heavy atom. The van der Waals surface area contributed by atoms with Gasteiger partial charge < -0.3 is 5.32 Å². The number of nitrogens with zero attached hydrogens (tertiary/aromatic N) is 5. The van der Waals surface area contributed by atoms with Gasteiger partial charge in [-0.05, 0) is 30.3 Å². The molecular formula is C19H13FN6O5. The summed E-state index contributed by atoms with van der Waals surface area (Å²) < 4.78 is 14.1. The molecule has 0 saturated heterocycles. The Morgan fingerprint density at radius 3 is 2.52 bits per heavy atom. The lowest BCUT2D eigenvalue weighted by molar-refractivity contribution is -0.384. The Morgan fingerprint density at radius 1 is 1.10 bits per heavy atom. The van der Waals surface area contributed by atoms with Crippen LogP contribution in [0, 0.1) is 15.9 Å². The van der Waals surface area contributed by atoms with Gasteiger partial charge >= 0.3 is 0 Å². The highest BCUT2D eigenvalue weighted by molar-refractivity contribution is 6.21. The molecule has 12 heteroatoms. The van der Waals surface area contributed by atoms with E-state index in [0.29, 0.717) is 5.69 Å². The molecule has 0 bridgehead atoms. The highest BCUT2D eigenvalue weighted by Gasteiger charge is 2.37. The topological polar surface area (TPSA) is 140 Å². The molecule has 1 aliphatic heterocycles. The number of imide groups is 1. The number of anilines is 1. The zero-order chi connectivity index (χ0) is 22.1. The molecule has 1 aromatic heterocycles. The first-order valence-corrected chi connectivity index (χ1v) is 8.91. The van der Waals surface area contributed by atoms with Gasteiger partial charge in [0.05, 0.1) is 28.8 Å². The number of hydrogen-bond donors (Lipinski definition) is 1. The molecule has 0 saturated carbocycles. The molecule has 1 N–H and O–H groups in total. The number of carbonyl (C=O) groups excluding carboxylic acids is 3. The van der Waals surface area contributed by atoms with E-state index in [2.05, 4.69) is 15.6 Å². The van der Waals surface area contributed by atoms with E-state index in [1.807, 2.05) is 0 Å². The summed E-state index contributed by atoms with van der Waals surface area (Å²) in [5.74, 6) is -2.14. The van der Waals surface area contributed by atoms with Crippen molar-refractivity contribution in [3.05, 3.63) is 81.4 Å². The van der Waals surface area contributed by atoms with Crippen molar-refractivity contribution >= 4 is 29.1 Å². The Kier molecular flexibility index (Phi) is 4.95. The molecule has 3 amide bonds. The Bertz CT molecular complexity index is 1220. The standard InChI is InChI=1S/C19H13FN6O5/c20-11-1-3-12(4-2-11)21-17(27)10-24-8-13(22-23-24)9-25-18(28)15-6-5-14(26(30)31)7-16(15)19(25)29/h1-8H,9-10H2,(H,21,27). The average molecular weight is 424 g/mol. The molecule has 11 nitrogen and oxygen atoms in total. The predicted octanol–water partition coefficient (Wildman–Crippen LogP) is 1.76. The molecular weight excluding hydrogens is 411 g/mol. The van der Waals surface area contributed by atoms with Gasteiger partial charge in [0.2, 0.25) is 5.91 Å². The third kappa shape index (κ3) is 3.99. The number of non-ortho nitro benzene ring substituents is 1. The quantitative estimate of drug-likeness (QED) is 0.361. The summed E-state index contributed by atoms with van der Waals surface area (Å²) in [5.41, 5.74) is 0.386. The van der Waals surface area contributed by atoms with Crippen LogP contribution in [0.25, 0.3) is 0 Å². The summed E-state index contributed by atoms with van der Waals surface area (Å²) in [5, 5.41) is 21.1. The molecule has 1 aliphatic rings. The summed E-state index contributed by atoms with van der Waals surface area (Å²) in [4.78, 5) is 48.3. The van der Waals surface area contributed by atoms with Crippen LogP contribution in [0.15, 0.2) is 48.7 Å². The van der Waals surface area contributed by atoms with Gasteiger partial charge in [0, 0.05) is 17.8 Å². The second-order valence-electron chi connectivity index (χ2n) is 6.65. The van der Waals surface area contributed by atoms with E-state index >= 15 is 0 Å². The van der Waals surface area contributed by atoms with Gasteiger partial charge in [-0.2, -0.15) is 0 Å². The number of nitrogens with one attached hydrogen (secondary N) is 1. The number of carbonyl (C=O) groups is 3. The number of amides is 3. The fraction of sp³-hybridized carbons (Fsp3) is 0.105. The maximum Gasteiger partial charge on any atom is 0.270 e. The monoisotopic (exact) mass is 424 g/mol. The molecule has 2 heterocycles. The Balaban J connectivity index is 1.42. The molecule has 0 radical (unpaired) electrons. The van der Waals surface area contributed by atoms with Crippen molar-refractivity contribution in [3.63, 3.8) is 0 Å². The smallest absolute Gasteiger partial charge is 0.270 e. The van der Waals surface area contributed by atoms with Crippen molar-refractivity contribution in [2.45, 2.75) is 13.1 Å². The van der Waals surface area contributed by atoms with Gasteiger partial charge in [-0.3, -0.25) is 29.4 Å². The van der Waals surface area contributed by atoms with Gasteiger partial charge in [-0.15, -0.1) is 5.10 Å². The lowest BCUT2D eigenvalue weighted by Crippen LogP contribution is -2.29. The largest absolute Gasteiger partial charge is 0.324 e. The molecule has 0 spiro atoms. The minimum Gasteiger partial charge on any atom is -0.324 e. The van der Waals surface area contributed by atoms with Crippen LogP contribution in [-0.2, 0) is 17.9 Å². The fourth-order valence-corrected chi connectivity index (χ4v) is 3.07. The van der Waals surface area contributed by atoms with Crippen LogP contribution < -0.4 is 5.32 Å². The van der Waals surface area contributed by atoms with E-state index in [4.69, 9.17) is 0 Å². The van der Waals surface area contributed by atoms with Gasteiger partial charge in [0.15, 0.2) is 0 Å². The van der Waals surface area contributed by atoms with E-state index in [1.165, 1.54) is 41.2 Å². The average Bonchev–Trinajstić information content (AvgIpc) is 3.27. The highest BCUT2D eigenvalue weighted by atomic mass is 19.1. The molecule has 0 fully saturated rings. The first-order valence-electron chi connectivity index (χ1n) is 8.91. The molecule has 0 unspecified atom stereocenters. The van der Waals surface area contributed by atoms with Crippen LogP contribution in [0.5, 0.6) is 0 Å². The Hall–Kier alpha value is -4.48. The molecule has 0 atom stereocenters. The first kappa shape index (κ1) is 19.8. The van der Waals surface area contributed by atoms with Gasteiger partial charge in [-0.25, -0.2) is 9.07 Å². The number of fused-ring (bicyclic) bond motifs is 1. The van der Waals surface area contributed by atoms with Crippen molar-refractivity contribution in [1.82, 2.24) is 19.9 Å². The van der Waals surface area contributed by atoms with Gasteiger partial charge in [0.25, 0.3) is 17.5 Å². The summed E-state index contributed by atoms with van der Waals surface area (Å²) in [6.07, 6.45) is 1.40. The van der Waals surface area contributed by atoms with E-state index < -0.39 is 28.5 Å². The van der Waals surface area contributed by atoms with Crippen molar-refractivity contribution < 1.29 is 23.7 Å². The minimum atomic E-state index is -0.674. The maximum atomic E-state index is 12.9. The first-order chi connectivity index (χ1) is 14.8. The van der Waals surface area contributed by atoms with E-state index in [9.17, 15) is 28.9 Å². The number of nitro groups is 1. The predicted molar refractivity (Wildman–Crippen MR) is 102 cm³/mol. The number of aromatic nitrogens is 3. The molecule has 2 aromatic carbocycles. The van der Waals surface area contributed by atoms with Crippen LogP contribution in [0.3, 0.4) is 0 Å². The summed E-state index contributed by atoms with van der Waals surface area (Å²) >= 11 is 0. The van der Waals surface area contributed by atoms with E-state index in [1.54, 1.807) is 0 Å². The van der Waals surface area contributed by atoms with E-state index in [-0.39, 0.29) is 35.6 Å². The number of nitro benzene ring substituents is 1.